The van der Waals surface area contributed by atoms with Crippen molar-refractivity contribution in [3.8, 4) is 0 Å². The number of carbonyl (C=O) groups excluding carboxylic acids is 1. The van der Waals surface area contributed by atoms with E-state index in [1.807, 2.05) is 19.1 Å². The first kappa shape index (κ1) is 14.3. The van der Waals surface area contributed by atoms with Crippen molar-refractivity contribution in [2.45, 2.75) is 45.4 Å². The number of hydrogen-bond donors (Lipinski definition) is 0. The van der Waals surface area contributed by atoms with Crippen LogP contribution in [-0.4, -0.2) is 5.78 Å². The zero-order valence-electron chi connectivity index (χ0n) is 10.6. The number of halogens is 2. The zero-order valence-corrected chi connectivity index (χ0v) is 13.8. The third-order valence-electron chi connectivity index (χ3n) is 3.75. The second-order valence-corrected chi connectivity index (χ2v) is 6.92. The van der Waals surface area contributed by atoms with Gasteiger partial charge in [-0.25, -0.2) is 0 Å². The molecule has 0 bridgehead atoms. The molecule has 0 radical (unpaired) electrons. The molecule has 0 atom stereocenters. The van der Waals surface area contributed by atoms with Gasteiger partial charge < -0.3 is 0 Å². The Kier molecular flexibility index (Phi) is 5.02. The van der Waals surface area contributed by atoms with E-state index in [1.165, 1.54) is 32.1 Å². The van der Waals surface area contributed by atoms with Gasteiger partial charge in [-0.2, -0.15) is 0 Å². The summed E-state index contributed by atoms with van der Waals surface area (Å²) in [5.41, 5.74) is 1.97. The smallest absolute Gasteiger partial charge is 0.164 e. The molecule has 1 saturated carbocycles. The second kappa shape index (κ2) is 6.33. The van der Waals surface area contributed by atoms with Crippen molar-refractivity contribution in [1.82, 2.24) is 0 Å². The van der Waals surface area contributed by atoms with Gasteiger partial charge in [-0.15, -0.1) is 0 Å². The van der Waals surface area contributed by atoms with E-state index in [1.54, 1.807) is 0 Å². The van der Waals surface area contributed by atoms with Gasteiger partial charge in [0.1, 0.15) is 0 Å². The lowest BCUT2D eigenvalue weighted by Crippen LogP contribution is -2.12. The van der Waals surface area contributed by atoms with Crippen molar-refractivity contribution in [3.63, 3.8) is 0 Å². The first-order valence-electron chi connectivity index (χ1n) is 6.57. The molecule has 1 fully saturated rings. The molecule has 3 heteroatoms. The zero-order chi connectivity index (χ0) is 13.1. The van der Waals surface area contributed by atoms with Crippen LogP contribution in [0.15, 0.2) is 21.1 Å². The van der Waals surface area contributed by atoms with Crippen LogP contribution in [0.4, 0.5) is 0 Å². The molecule has 18 heavy (non-hydrogen) atoms. The predicted octanol–water partition coefficient (Wildman–Crippen LogP) is 5.67. The van der Waals surface area contributed by atoms with Gasteiger partial charge in [0.2, 0.25) is 0 Å². The van der Waals surface area contributed by atoms with Crippen molar-refractivity contribution in [1.29, 1.82) is 0 Å². The molecule has 0 N–H and O–H groups in total. The minimum atomic E-state index is 0.273. The minimum absolute atomic E-state index is 0.273. The van der Waals surface area contributed by atoms with Crippen molar-refractivity contribution in [2.75, 3.05) is 0 Å². The summed E-state index contributed by atoms with van der Waals surface area (Å²) in [5.74, 6) is 0.868. The lowest BCUT2D eigenvalue weighted by molar-refractivity contribution is 0.0949. The summed E-state index contributed by atoms with van der Waals surface area (Å²) in [4.78, 5) is 12.3. The van der Waals surface area contributed by atoms with Gasteiger partial charge in [-0.1, -0.05) is 64.0 Å². The molecule has 0 amide bonds. The van der Waals surface area contributed by atoms with Gasteiger partial charge in [0, 0.05) is 20.9 Å². The van der Waals surface area contributed by atoms with Crippen LogP contribution in [0.25, 0.3) is 0 Å². The van der Waals surface area contributed by atoms with E-state index in [0.29, 0.717) is 12.3 Å². The fourth-order valence-corrected chi connectivity index (χ4v) is 3.65. The van der Waals surface area contributed by atoms with E-state index >= 15 is 0 Å². The molecule has 0 aromatic heterocycles. The predicted molar refractivity (Wildman–Crippen MR) is 82.1 cm³/mol. The average molecular weight is 374 g/mol. The Balaban J connectivity index is 2.10. The molecule has 0 saturated heterocycles. The lowest BCUT2D eigenvalue weighted by Gasteiger charge is -2.21. The molecule has 1 nitrogen and oxygen atoms in total. The summed E-state index contributed by atoms with van der Waals surface area (Å²) in [6.45, 7) is 2.03. The standard InChI is InChI=1S/C15H18Br2O/c1-10-7-14(17)12(9-13(10)16)15(18)8-11-5-3-2-4-6-11/h7,9,11H,2-6,8H2,1H3. The SMILES string of the molecule is Cc1cc(Br)c(C(=O)CC2CCCCC2)cc1Br. The van der Waals surface area contributed by atoms with E-state index in [0.717, 1.165) is 20.1 Å². The highest BCUT2D eigenvalue weighted by Gasteiger charge is 2.19. The quantitative estimate of drug-likeness (QED) is 0.623. The lowest BCUT2D eigenvalue weighted by atomic mass is 9.85. The molecule has 0 spiro atoms. The van der Waals surface area contributed by atoms with Crippen molar-refractivity contribution in [2.24, 2.45) is 5.92 Å². The van der Waals surface area contributed by atoms with E-state index < -0.39 is 0 Å². The molecule has 0 heterocycles. The highest BCUT2D eigenvalue weighted by Crippen LogP contribution is 2.31. The van der Waals surface area contributed by atoms with Gasteiger partial charge >= 0.3 is 0 Å². The summed E-state index contributed by atoms with van der Waals surface area (Å²) in [6, 6.07) is 3.96. The van der Waals surface area contributed by atoms with E-state index in [4.69, 9.17) is 0 Å². The number of hydrogen-bond acceptors (Lipinski definition) is 1. The number of carbonyl (C=O) groups is 1. The monoisotopic (exact) mass is 372 g/mol. The Morgan fingerprint density at radius 2 is 1.83 bits per heavy atom. The fraction of sp³-hybridized carbons (Fsp3) is 0.533. The van der Waals surface area contributed by atoms with Crippen molar-refractivity contribution in [3.05, 3.63) is 32.2 Å². The largest absolute Gasteiger partial charge is 0.294 e. The number of ketones is 1. The third-order valence-corrected chi connectivity index (χ3v) is 5.26. The summed E-state index contributed by atoms with van der Waals surface area (Å²) < 4.78 is 1.93. The highest BCUT2D eigenvalue weighted by atomic mass is 79.9. The summed E-state index contributed by atoms with van der Waals surface area (Å²) >= 11 is 7.01. The summed E-state index contributed by atoms with van der Waals surface area (Å²) in [7, 11) is 0. The van der Waals surface area contributed by atoms with E-state index in [9.17, 15) is 4.79 Å². The molecule has 1 aliphatic rings. The van der Waals surface area contributed by atoms with Crippen LogP contribution in [0.5, 0.6) is 0 Å². The Bertz CT molecular complexity index is 448. The van der Waals surface area contributed by atoms with Crippen LogP contribution in [0.2, 0.25) is 0 Å². The molecule has 0 unspecified atom stereocenters. The Morgan fingerprint density at radius 1 is 1.17 bits per heavy atom. The van der Waals surface area contributed by atoms with Crippen LogP contribution < -0.4 is 0 Å². The van der Waals surface area contributed by atoms with Gasteiger partial charge in [-0.3, -0.25) is 4.79 Å². The van der Waals surface area contributed by atoms with Crippen LogP contribution >= 0.6 is 31.9 Å². The normalized spacial score (nSPS) is 16.8. The molecule has 1 aromatic rings. The molecule has 98 valence electrons. The molecule has 0 aliphatic heterocycles. The first-order valence-corrected chi connectivity index (χ1v) is 8.15. The molecular weight excluding hydrogens is 356 g/mol. The number of Topliss-reactive ketones (excluding diaryl/α,β-unsaturated/α-hetero) is 1. The van der Waals surface area contributed by atoms with Crippen molar-refractivity contribution < 1.29 is 4.79 Å². The number of benzene rings is 1. The maximum Gasteiger partial charge on any atom is 0.164 e. The Hall–Kier alpha value is -0.150. The molecule has 1 aliphatic carbocycles. The maximum atomic E-state index is 12.3. The van der Waals surface area contributed by atoms with Crippen molar-refractivity contribution >= 4 is 37.6 Å². The number of rotatable bonds is 3. The summed E-state index contributed by atoms with van der Waals surface area (Å²) in [6.07, 6.45) is 7.05. The van der Waals surface area contributed by atoms with Crippen LogP contribution in [-0.2, 0) is 0 Å². The molecule has 2 rings (SSSR count). The van der Waals surface area contributed by atoms with Crippen LogP contribution in [0.3, 0.4) is 0 Å². The van der Waals surface area contributed by atoms with Gasteiger partial charge in [-0.05, 0) is 30.5 Å². The van der Waals surface area contributed by atoms with E-state index in [2.05, 4.69) is 31.9 Å². The van der Waals surface area contributed by atoms with Crippen LogP contribution in [0.1, 0.15) is 54.4 Å². The Labute approximate surface area is 126 Å². The molecule has 1 aromatic carbocycles. The average Bonchev–Trinajstić information content (AvgIpc) is 2.35. The third kappa shape index (κ3) is 3.45. The summed E-state index contributed by atoms with van der Waals surface area (Å²) in [5, 5.41) is 0. The number of aryl methyl sites for hydroxylation is 1. The highest BCUT2D eigenvalue weighted by molar-refractivity contribution is 9.11. The second-order valence-electron chi connectivity index (χ2n) is 5.21. The van der Waals surface area contributed by atoms with Gasteiger partial charge in [0.25, 0.3) is 0 Å². The fourth-order valence-electron chi connectivity index (χ4n) is 2.62. The van der Waals surface area contributed by atoms with Gasteiger partial charge in [0.05, 0.1) is 0 Å². The maximum absolute atomic E-state index is 12.3. The first-order chi connectivity index (χ1) is 8.58. The Morgan fingerprint density at radius 3 is 2.50 bits per heavy atom. The minimum Gasteiger partial charge on any atom is -0.294 e. The van der Waals surface area contributed by atoms with E-state index in [-0.39, 0.29) is 5.78 Å². The topological polar surface area (TPSA) is 17.1 Å². The van der Waals surface area contributed by atoms with Gasteiger partial charge in [0.15, 0.2) is 5.78 Å². The molecular formula is C15H18Br2O. The van der Waals surface area contributed by atoms with Crippen LogP contribution in [0, 0.1) is 12.8 Å².